The van der Waals surface area contributed by atoms with Crippen LogP contribution in [-0.2, 0) is 0 Å². The first-order valence-electron chi connectivity index (χ1n) is 1.71. The van der Waals surface area contributed by atoms with E-state index < -0.39 is 0 Å². The highest BCUT2D eigenvalue weighted by Crippen LogP contribution is 2.42. The molecule has 0 atom stereocenters. The van der Waals surface area contributed by atoms with Crippen LogP contribution < -0.4 is 0 Å². The predicted molar refractivity (Wildman–Crippen MR) is 64.8 cm³/mol. The number of halogens is 6. The Bertz CT molecular complexity index is 76.2. The van der Waals surface area contributed by atoms with Crippen molar-refractivity contribution in [3.8, 4) is 0 Å². The molecule has 53 valence electrons. The van der Waals surface area contributed by atoms with Crippen LogP contribution in [0.1, 0.15) is 0 Å². The molecule has 0 aliphatic carbocycles. The molecule has 0 unspecified atom stereocenters. The summed E-state index contributed by atoms with van der Waals surface area (Å²) in [5.74, 6) is 0. The van der Waals surface area contributed by atoms with Gasteiger partial charge in [0.2, 0.25) is 7.28 Å². The Labute approximate surface area is 105 Å². The van der Waals surface area contributed by atoms with E-state index in [1.165, 1.54) is 0 Å². The highest BCUT2D eigenvalue weighted by atomic mass is 80.0. The summed E-state index contributed by atoms with van der Waals surface area (Å²) in [4.78, 5) is 0. The van der Waals surface area contributed by atoms with Crippen LogP contribution in [0.2, 0.25) is 0 Å². The summed E-state index contributed by atoms with van der Waals surface area (Å²) >= 11 is 19.8. The Morgan fingerprint density at radius 1 is 0.667 bits per heavy atom. The first-order chi connectivity index (χ1) is 3.71. The minimum atomic E-state index is -0.344. The molecule has 0 N–H and O–H groups in total. The average Bonchev–Trinajstić information content (AvgIpc) is 1.14. The first kappa shape index (κ1) is 11.9. The molecule has 0 nitrogen and oxygen atoms in total. The van der Waals surface area contributed by atoms with E-state index in [1.54, 1.807) is 0 Å². The maximum Gasteiger partial charge on any atom is 0.213 e. The van der Waals surface area contributed by atoms with Crippen LogP contribution in [-0.4, -0.2) is 11.4 Å². The summed E-state index contributed by atoms with van der Waals surface area (Å²) in [7, 11) is 1.88. The van der Waals surface area contributed by atoms with Gasteiger partial charge in [-0.3, -0.25) is 0 Å². The van der Waals surface area contributed by atoms with Gasteiger partial charge in [-0.05, 0) is 0 Å². The summed E-state index contributed by atoms with van der Waals surface area (Å²) in [6.45, 7) is 0. The molecule has 0 aromatic carbocycles. The van der Waals surface area contributed by atoms with E-state index in [4.69, 9.17) is 0 Å². The van der Waals surface area contributed by atoms with Crippen molar-refractivity contribution < 1.29 is 0 Å². The second-order valence-electron chi connectivity index (χ2n) is 1.23. The Balaban J connectivity index is 3.75. The summed E-state index contributed by atoms with van der Waals surface area (Å²) in [5, 5.41) is 0. The van der Waals surface area contributed by atoms with Gasteiger partial charge in [-0.1, -0.05) is 95.6 Å². The molecule has 0 saturated carbocycles. The monoisotopic (exact) mass is 509 g/mol. The quantitative estimate of drug-likeness (QED) is 0.335. The zero-order chi connectivity index (χ0) is 7.71. The molecule has 0 aliphatic rings. The van der Waals surface area contributed by atoms with Crippen LogP contribution in [0.15, 0.2) is 0 Å². The fourth-order valence-electron chi connectivity index (χ4n) is 0.186. The van der Waals surface area contributed by atoms with Gasteiger partial charge in [-0.2, -0.15) is 0 Å². The van der Waals surface area contributed by atoms with Crippen molar-refractivity contribution in [2.45, 2.75) is 4.08 Å². The van der Waals surface area contributed by atoms with Crippen molar-refractivity contribution in [1.82, 2.24) is 0 Å². The van der Waals surface area contributed by atoms with Crippen molar-refractivity contribution in [2.24, 2.45) is 0 Å². The zero-order valence-corrected chi connectivity index (χ0v) is 13.4. The fraction of sp³-hybridized carbons (Fsp3) is 1.00. The van der Waals surface area contributed by atoms with Crippen molar-refractivity contribution in [3.05, 3.63) is 0 Å². The van der Waals surface area contributed by atoms with Gasteiger partial charge < -0.3 is 0 Å². The van der Waals surface area contributed by atoms with Gasteiger partial charge in [0.25, 0.3) is 0 Å². The van der Waals surface area contributed by atoms with Gasteiger partial charge >= 0.3 is 0 Å². The van der Waals surface area contributed by atoms with Crippen molar-refractivity contribution in [1.29, 1.82) is 0 Å². The molecule has 0 aromatic heterocycles. The molecule has 0 heterocycles. The molecule has 1 radical (unpaired) electrons. The lowest BCUT2D eigenvalue weighted by Crippen LogP contribution is -2.25. The molecule has 0 aromatic rings. The van der Waals surface area contributed by atoms with Crippen LogP contribution >= 0.6 is 95.6 Å². The van der Waals surface area contributed by atoms with Gasteiger partial charge in [-0.25, -0.2) is 0 Å². The van der Waals surface area contributed by atoms with Gasteiger partial charge in [0.05, 0.1) is 0 Å². The molecule has 0 fully saturated rings. The maximum absolute atomic E-state index is 3.30. The molecule has 0 aliphatic heterocycles. The second-order valence-corrected chi connectivity index (χ2v) is 15.1. The van der Waals surface area contributed by atoms with E-state index >= 15 is 0 Å². The number of rotatable bonds is 0. The molecule has 0 saturated heterocycles. The molecule has 9 heavy (non-hydrogen) atoms. The molecular formula is C2BBr6. The van der Waals surface area contributed by atoms with E-state index in [9.17, 15) is 0 Å². The molecule has 0 bridgehead atoms. The van der Waals surface area contributed by atoms with Gasteiger partial charge in [0.15, 0.2) is 0 Å². The van der Waals surface area contributed by atoms with Crippen LogP contribution in [0.5, 0.6) is 0 Å². The lowest BCUT2D eigenvalue weighted by Gasteiger charge is -2.16. The summed E-state index contributed by atoms with van der Waals surface area (Å²) < 4.78 is -0.688. The Morgan fingerprint density at radius 3 is 0.889 bits per heavy atom. The predicted octanol–water partition coefficient (Wildman–Crippen LogP) is 4.28. The largest absolute Gasteiger partial charge is 0.213 e. The number of hydrogen-bond acceptors (Lipinski definition) is 0. The van der Waals surface area contributed by atoms with E-state index in [2.05, 4.69) is 95.6 Å². The standard InChI is InChI=1S/C2BBr6/c4-1(5,6)3-2(7,8)9. The van der Waals surface area contributed by atoms with E-state index in [-0.39, 0.29) is 4.08 Å². The molecule has 0 spiro atoms. The smallest absolute Gasteiger partial charge is 0.0705 e. The summed E-state index contributed by atoms with van der Waals surface area (Å²) in [6, 6.07) is 0. The minimum absolute atomic E-state index is 0.344. The van der Waals surface area contributed by atoms with Crippen LogP contribution in [0.4, 0.5) is 0 Å². The third kappa shape index (κ3) is 10.9. The highest BCUT2D eigenvalue weighted by molar-refractivity contribution is 9.42. The van der Waals surface area contributed by atoms with E-state index in [0.717, 1.165) is 0 Å². The van der Waals surface area contributed by atoms with E-state index in [1.807, 2.05) is 7.28 Å². The third-order valence-corrected chi connectivity index (χ3v) is 1.70. The first-order valence-corrected chi connectivity index (χ1v) is 6.47. The van der Waals surface area contributed by atoms with Crippen LogP contribution in [0.25, 0.3) is 0 Å². The fourth-order valence-corrected chi connectivity index (χ4v) is 5.01. The average molecular weight is 514 g/mol. The Kier molecular flexibility index (Phi) is 5.65. The van der Waals surface area contributed by atoms with E-state index in [0.29, 0.717) is 0 Å². The summed E-state index contributed by atoms with van der Waals surface area (Å²) in [6.07, 6.45) is 0. The van der Waals surface area contributed by atoms with Crippen LogP contribution in [0.3, 0.4) is 0 Å². The summed E-state index contributed by atoms with van der Waals surface area (Å²) in [5.41, 5.74) is 0. The zero-order valence-electron chi connectivity index (χ0n) is 3.85. The Hall–Kier alpha value is 2.94. The lowest BCUT2D eigenvalue weighted by atomic mass is 9.86. The maximum atomic E-state index is 3.30. The SMILES string of the molecule is BrC(Br)(Br)[B]C(Br)(Br)Br. The molecule has 7 heteroatoms. The van der Waals surface area contributed by atoms with Crippen molar-refractivity contribution in [3.63, 3.8) is 0 Å². The van der Waals surface area contributed by atoms with Crippen LogP contribution in [0, 0.1) is 0 Å². The lowest BCUT2D eigenvalue weighted by molar-refractivity contribution is 1.80. The topological polar surface area (TPSA) is 0 Å². The number of hydrogen-bond donors (Lipinski definition) is 0. The highest BCUT2D eigenvalue weighted by Gasteiger charge is 2.32. The molecule has 0 rings (SSSR count). The Morgan fingerprint density at radius 2 is 0.889 bits per heavy atom. The van der Waals surface area contributed by atoms with Gasteiger partial charge in [-0.15, -0.1) is 0 Å². The van der Waals surface area contributed by atoms with Gasteiger partial charge in [0.1, 0.15) is 4.08 Å². The van der Waals surface area contributed by atoms with Crippen molar-refractivity contribution >= 4 is 103 Å². The third-order valence-electron chi connectivity index (χ3n) is 0.327. The number of alkyl halides is 6. The molecule has 0 amide bonds. The minimum Gasteiger partial charge on any atom is -0.0705 e. The van der Waals surface area contributed by atoms with Crippen molar-refractivity contribution in [2.75, 3.05) is 0 Å². The molecular weight excluding hydrogens is 514 g/mol. The normalized spacial score (nSPS) is 13.6. The second kappa shape index (κ2) is 4.26. The van der Waals surface area contributed by atoms with Gasteiger partial charge in [0, 0.05) is 0 Å².